The van der Waals surface area contributed by atoms with Gasteiger partial charge in [0.05, 0.1) is 5.69 Å². The summed E-state index contributed by atoms with van der Waals surface area (Å²) in [5.74, 6) is 0. The van der Waals surface area contributed by atoms with Crippen LogP contribution in [0.2, 0.25) is 0 Å². The van der Waals surface area contributed by atoms with Gasteiger partial charge in [0, 0.05) is 19.3 Å². The van der Waals surface area contributed by atoms with E-state index in [1.807, 2.05) is 13.2 Å². The molecule has 0 aliphatic rings. The minimum absolute atomic E-state index is 0.909. The van der Waals surface area contributed by atoms with Crippen molar-refractivity contribution in [1.82, 2.24) is 15.1 Å². The van der Waals surface area contributed by atoms with Crippen LogP contribution in [0.5, 0.6) is 0 Å². The zero-order valence-electron chi connectivity index (χ0n) is 8.58. The van der Waals surface area contributed by atoms with Crippen LogP contribution in [0, 0.1) is 0 Å². The summed E-state index contributed by atoms with van der Waals surface area (Å²) in [5, 5.41) is 7.42. The summed E-state index contributed by atoms with van der Waals surface area (Å²) in [7, 11) is 1.96. The third kappa shape index (κ3) is 3.19. The van der Waals surface area contributed by atoms with Crippen molar-refractivity contribution in [3.05, 3.63) is 18.0 Å². The average Bonchev–Trinajstić information content (AvgIpc) is 2.54. The van der Waals surface area contributed by atoms with E-state index >= 15 is 0 Å². The molecule has 0 saturated carbocycles. The third-order valence-electron chi connectivity index (χ3n) is 2.14. The Kier molecular flexibility index (Phi) is 4.54. The second kappa shape index (κ2) is 5.75. The maximum atomic E-state index is 4.28. The minimum Gasteiger partial charge on any atom is -0.314 e. The maximum absolute atomic E-state index is 4.28. The highest BCUT2D eigenvalue weighted by Gasteiger charge is 1.99. The van der Waals surface area contributed by atoms with Crippen LogP contribution in [-0.4, -0.2) is 16.8 Å². The summed E-state index contributed by atoms with van der Waals surface area (Å²) in [4.78, 5) is 0. The van der Waals surface area contributed by atoms with Crippen molar-refractivity contribution < 1.29 is 0 Å². The molecule has 0 aromatic carbocycles. The molecule has 0 bridgehead atoms. The Hall–Kier alpha value is -0.830. The molecule has 0 radical (unpaired) electrons. The van der Waals surface area contributed by atoms with Gasteiger partial charge in [0.2, 0.25) is 0 Å². The van der Waals surface area contributed by atoms with E-state index in [1.165, 1.54) is 25.0 Å². The zero-order valence-corrected chi connectivity index (χ0v) is 8.58. The first-order valence-electron chi connectivity index (χ1n) is 5.03. The molecule has 0 atom stereocenters. The molecule has 0 saturated heterocycles. The van der Waals surface area contributed by atoms with Gasteiger partial charge >= 0.3 is 0 Å². The molecular weight excluding hydrogens is 162 g/mol. The Morgan fingerprint density at radius 3 is 3.00 bits per heavy atom. The monoisotopic (exact) mass is 181 g/mol. The number of nitrogens with one attached hydrogen (secondary N) is 1. The van der Waals surface area contributed by atoms with Gasteiger partial charge in [-0.2, -0.15) is 5.10 Å². The van der Waals surface area contributed by atoms with Gasteiger partial charge in [0.25, 0.3) is 0 Å². The Bertz CT molecular complexity index is 230. The van der Waals surface area contributed by atoms with Crippen molar-refractivity contribution in [2.75, 3.05) is 7.05 Å². The van der Waals surface area contributed by atoms with Crippen molar-refractivity contribution in [2.24, 2.45) is 0 Å². The molecule has 1 heterocycles. The summed E-state index contributed by atoms with van der Waals surface area (Å²) in [6.45, 7) is 4.18. The number of aryl methyl sites for hydroxylation is 1. The molecular formula is C10H19N3. The molecule has 0 fully saturated rings. The van der Waals surface area contributed by atoms with E-state index in [0.29, 0.717) is 0 Å². The lowest BCUT2D eigenvalue weighted by Gasteiger charge is -2.05. The summed E-state index contributed by atoms with van der Waals surface area (Å²) in [5.41, 5.74) is 1.28. The second-order valence-electron chi connectivity index (χ2n) is 3.28. The SMILES string of the molecule is CCCCCn1nccc1CNC. The summed E-state index contributed by atoms with van der Waals surface area (Å²) in [6, 6.07) is 2.07. The van der Waals surface area contributed by atoms with Crippen molar-refractivity contribution in [3.63, 3.8) is 0 Å². The fraction of sp³-hybridized carbons (Fsp3) is 0.700. The highest BCUT2D eigenvalue weighted by Crippen LogP contribution is 2.02. The molecule has 13 heavy (non-hydrogen) atoms. The van der Waals surface area contributed by atoms with E-state index < -0.39 is 0 Å². The number of rotatable bonds is 6. The van der Waals surface area contributed by atoms with Crippen LogP contribution in [0.1, 0.15) is 31.9 Å². The number of aromatic nitrogens is 2. The molecule has 0 aliphatic heterocycles. The lowest BCUT2D eigenvalue weighted by Crippen LogP contribution is -2.12. The molecule has 1 aromatic heterocycles. The molecule has 1 aromatic rings. The van der Waals surface area contributed by atoms with Gasteiger partial charge < -0.3 is 5.32 Å². The van der Waals surface area contributed by atoms with Gasteiger partial charge in [-0.1, -0.05) is 19.8 Å². The van der Waals surface area contributed by atoms with Crippen molar-refractivity contribution in [1.29, 1.82) is 0 Å². The normalized spacial score (nSPS) is 10.6. The van der Waals surface area contributed by atoms with Gasteiger partial charge in [-0.3, -0.25) is 4.68 Å². The van der Waals surface area contributed by atoms with E-state index in [9.17, 15) is 0 Å². The Labute approximate surface area is 80.1 Å². The van der Waals surface area contributed by atoms with Crippen molar-refractivity contribution in [2.45, 2.75) is 39.3 Å². The van der Waals surface area contributed by atoms with Gasteiger partial charge in [-0.25, -0.2) is 0 Å². The smallest absolute Gasteiger partial charge is 0.0521 e. The van der Waals surface area contributed by atoms with Crippen LogP contribution in [-0.2, 0) is 13.1 Å². The van der Waals surface area contributed by atoms with Crippen LogP contribution in [0.25, 0.3) is 0 Å². The first kappa shape index (κ1) is 10.3. The number of hydrogen-bond acceptors (Lipinski definition) is 2. The quantitative estimate of drug-likeness (QED) is 0.678. The van der Waals surface area contributed by atoms with Gasteiger partial charge in [0.15, 0.2) is 0 Å². The molecule has 0 amide bonds. The number of nitrogens with zero attached hydrogens (tertiary/aromatic N) is 2. The predicted molar refractivity (Wildman–Crippen MR) is 54.5 cm³/mol. The Morgan fingerprint density at radius 1 is 1.46 bits per heavy atom. The van der Waals surface area contributed by atoms with Crippen molar-refractivity contribution >= 4 is 0 Å². The summed E-state index contributed by atoms with van der Waals surface area (Å²) >= 11 is 0. The predicted octanol–water partition coefficient (Wildman–Crippen LogP) is 1.79. The fourth-order valence-corrected chi connectivity index (χ4v) is 1.40. The minimum atomic E-state index is 0.909. The van der Waals surface area contributed by atoms with E-state index in [-0.39, 0.29) is 0 Å². The molecule has 3 heteroatoms. The fourth-order valence-electron chi connectivity index (χ4n) is 1.40. The lowest BCUT2D eigenvalue weighted by molar-refractivity contribution is 0.526. The molecule has 3 nitrogen and oxygen atoms in total. The topological polar surface area (TPSA) is 29.9 Å². The summed E-state index contributed by atoms with van der Waals surface area (Å²) in [6.07, 6.45) is 5.66. The molecule has 0 spiro atoms. The first-order valence-corrected chi connectivity index (χ1v) is 5.03. The maximum Gasteiger partial charge on any atom is 0.0521 e. The number of unbranched alkanes of at least 4 members (excludes halogenated alkanes) is 2. The zero-order chi connectivity index (χ0) is 9.52. The number of hydrogen-bond donors (Lipinski definition) is 1. The molecule has 74 valence electrons. The molecule has 1 N–H and O–H groups in total. The van der Waals surface area contributed by atoms with Crippen LogP contribution in [0.15, 0.2) is 12.3 Å². The third-order valence-corrected chi connectivity index (χ3v) is 2.14. The molecule has 1 rings (SSSR count). The van der Waals surface area contributed by atoms with E-state index in [4.69, 9.17) is 0 Å². The van der Waals surface area contributed by atoms with Crippen LogP contribution in [0.3, 0.4) is 0 Å². The van der Waals surface area contributed by atoms with E-state index in [1.54, 1.807) is 0 Å². The highest BCUT2D eigenvalue weighted by atomic mass is 15.3. The second-order valence-corrected chi connectivity index (χ2v) is 3.28. The van der Waals surface area contributed by atoms with E-state index in [2.05, 4.69) is 28.1 Å². The summed E-state index contributed by atoms with van der Waals surface area (Å²) < 4.78 is 2.09. The lowest BCUT2D eigenvalue weighted by atomic mass is 10.2. The molecule has 0 unspecified atom stereocenters. The molecule has 0 aliphatic carbocycles. The Morgan fingerprint density at radius 2 is 2.31 bits per heavy atom. The highest BCUT2D eigenvalue weighted by molar-refractivity contribution is 4.99. The largest absolute Gasteiger partial charge is 0.314 e. The first-order chi connectivity index (χ1) is 6.38. The van der Waals surface area contributed by atoms with Crippen LogP contribution < -0.4 is 5.32 Å². The van der Waals surface area contributed by atoms with Crippen molar-refractivity contribution in [3.8, 4) is 0 Å². The van der Waals surface area contributed by atoms with Gasteiger partial charge in [0.1, 0.15) is 0 Å². The Balaban J connectivity index is 2.40. The van der Waals surface area contributed by atoms with Crippen LogP contribution >= 0.6 is 0 Å². The van der Waals surface area contributed by atoms with Gasteiger partial charge in [-0.15, -0.1) is 0 Å². The van der Waals surface area contributed by atoms with Gasteiger partial charge in [-0.05, 0) is 19.5 Å². The average molecular weight is 181 g/mol. The van der Waals surface area contributed by atoms with Crippen LogP contribution in [0.4, 0.5) is 0 Å². The standard InChI is InChI=1S/C10H19N3/c1-3-4-5-8-13-10(9-11-2)6-7-12-13/h6-7,11H,3-5,8-9H2,1-2H3. The van der Waals surface area contributed by atoms with E-state index in [0.717, 1.165) is 13.1 Å².